The van der Waals surface area contributed by atoms with Crippen LogP contribution in [0.5, 0.6) is 0 Å². The minimum atomic E-state index is -0.314. The first kappa shape index (κ1) is 14.0. The molecular formula is C12H23N3O2. The molecule has 0 radical (unpaired) electrons. The molecule has 0 aliphatic carbocycles. The third-order valence-corrected chi connectivity index (χ3v) is 3.38. The van der Waals surface area contributed by atoms with Crippen LogP contribution in [-0.2, 0) is 9.59 Å². The minimum absolute atomic E-state index is 0.00310. The van der Waals surface area contributed by atoms with Crippen LogP contribution in [0.2, 0.25) is 0 Å². The van der Waals surface area contributed by atoms with E-state index in [1.807, 2.05) is 13.8 Å². The number of rotatable bonds is 6. The van der Waals surface area contributed by atoms with E-state index in [-0.39, 0.29) is 23.8 Å². The fraction of sp³-hybridized carbons (Fsp3) is 0.833. The standard InChI is InChI=1S/C12H23N3O2/c1-3-6-14-10(16)8-15-11(17)12(4-2)5-7-13-9-12/h13H,3-9H2,1-2H3,(H,14,16)(H,15,17). The van der Waals surface area contributed by atoms with Gasteiger partial charge in [0.05, 0.1) is 12.0 Å². The molecule has 1 atom stereocenters. The molecule has 0 spiro atoms. The molecule has 0 bridgehead atoms. The van der Waals surface area contributed by atoms with Gasteiger partial charge in [-0.25, -0.2) is 0 Å². The molecule has 1 aliphatic heterocycles. The zero-order chi connectivity index (χ0) is 12.7. The first-order valence-corrected chi connectivity index (χ1v) is 6.40. The van der Waals surface area contributed by atoms with Crippen molar-refractivity contribution in [2.24, 2.45) is 5.41 Å². The zero-order valence-corrected chi connectivity index (χ0v) is 10.8. The molecule has 1 rings (SSSR count). The topological polar surface area (TPSA) is 70.2 Å². The Kier molecular flexibility index (Phi) is 5.41. The zero-order valence-electron chi connectivity index (χ0n) is 10.8. The second-order valence-electron chi connectivity index (χ2n) is 4.59. The van der Waals surface area contributed by atoms with Gasteiger partial charge in [-0.15, -0.1) is 0 Å². The molecule has 1 aliphatic rings. The van der Waals surface area contributed by atoms with E-state index in [1.165, 1.54) is 0 Å². The lowest BCUT2D eigenvalue weighted by Gasteiger charge is -2.24. The highest BCUT2D eigenvalue weighted by Crippen LogP contribution is 2.29. The second-order valence-corrected chi connectivity index (χ2v) is 4.59. The van der Waals surface area contributed by atoms with Gasteiger partial charge in [0.15, 0.2) is 0 Å². The van der Waals surface area contributed by atoms with Crippen LogP contribution in [0.4, 0.5) is 0 Å². The van der Waals surface area contributed by atoms with Crippen LogP contribution in [0.3, 0.4) is 0 Å². The minimum Gasteiger partial charge on any atom is -0.355 e. The molecule has 1 unspecified atom stereocenters. The Morgan fingerprint density at radius 3 is 2.59 bits per heavy atom. The fourth-order valence-electron chi connectivity index (χ4n) is 2.07. The van der Waals surface area contributed by atoms with Gasteiger partial charge in [-0.05, 0) is 25.8 Å². The second kappa shape index (κ2) is 6.59. The Balaban J connectivity index is 2.35. The van der Waals surface area contributed by atoms with Crippen LogP contribution in [0.15, 0.2) is 0 Å². The van der Waals surface area contributed by atoms with Crippen LogP contribution in [0.25, 0.3) is 0 Å². The SMILES string of the molecule is CCCNC(=O)CNC(=O)C1(CC)CCNC1. The fourth-order valence-corrected chi connectivity index (χ4v) is 2.07. The van der Waals surface area contributed by atoms with Gasteiger partial charge in [0.1, 0.15) is 0 Å². The van der Waals surface area contributed by atoms with Crippen molar-refractivity contribution < 1.29 is 9.59 Å². The highest BCUT2D eigenvalue weighted by molar-refractivity contribution is 5.88. The molecule has 1 fully saturated rings. The highest BCUT2D eigenvalue weighted by atomic mass is 16.2. The number of hydrogen-bond acceptors (Lipinski definition) is 3. The maximum absolute atomic E-state index is 12.0. The molecule has 3 N–H and O–H groups in total. The number of carbonyl (C=O) groups excluding carboxylic acids is 2. The van der Waals surface area contributed by atoms with Gasteiger partial charge in [0.25, 0.3) is 0 Å². The Labute approximate surface area is 103 Å². The highest BCUT2D eigenvalue weighted by Gasteiger charge is 2.39. The van der Waals surface area contributed by atoms with Crippen molar-refractivity contribution in [1.29, 1.82) is 0 Å². The summed E-state index contributed by atoms with van der Waals surface area (Å²) in [6.07, 6.45) is 2.57. The molecule has 0 aromatic heterocycles. The lowest BCUT2D eigenvalue weighted by molar-refractivity contribution is -0.132. The number of nitrogens with one attached hydrogen (secondary N) is 3. The molecular weight excluding hydrogens is 218 g/mol. The van der Waals surface area contributed by atoms with Gasteiger partial charge in [-0.1, -0.05) is 13.8 Å². The van der Waals surface area contributed by atoms with E-state index in [4.69, 9.17) is 0 Å². The maximum Gasteiger partial charge on any atom is 0.239 e. The van der Waals surface area contributed by atoms with E-state index in [9.17, 15) is 9.59 Å². The van der Waals surface area contributed by atoms with Crippen molar-refractivity contribution in [1.82, 2.24) is 16.0 Å². The summed E-state index contributed by atoms with van der Waals surface area (Å²) >= 11 is 0. The molecule has 17 heavy (non-hydrogen) atoms. The summed E-state index contributed by atoms with van der Waals surface area (Å²) < 4.78 is 0. The summed E-state index contributed by atoms with van der Waals surface area (Å²) in [6.45, 7) is 6.35. The van der Waals surface area contributed by atoms with Gasteiger partial charge in [0.2, 0.25) is 11.8 Å². The van der Waals surface area contributed by atoms with Gasteiger partial charge < -0.3 is 16.0 Å². The normalized spacial score (nSPS) is 23.4. The molecule has 1 heterocycles. The monoisotopic (exact) mass is 241 g/mol. The van der Waals surface area contributed by atoms with Crippen molar-refractivity contribution in [2.45, 2.75) is 33.1 Å². The predicted molar refractivity (Wildman–Crippen MR) is 66.5 cm³/mol. The Morgan fingerprint density at radius 2 is 2.06 bits per heavy atom. The first-order chi connectivity index (χ1) is 8.14. The van der Waals surface area contributed by atoms with Gasteiger partial charge >= 0.3 is 0 Å². The molecule has 0 aromatic rings. The van der Waals surface area contributed by atoms with Crippen LogP contribution in [0.1, 0.15) is 33.1 Å². The molecule has 1 saturated heterocycles. The Morgan fingerprint density at radius 1 is 1.29 bits per heavy atom. The smallest absolute Gasteiger partial charge is 0.239 e. The van der Waals surface area contributed by atoms with E-state index in [0.29, 0.717) is 13.1 Å². The summed E-state index contributed by atoms with van der Waals surface area (Å²) in [7, 11) is 0. The third-order valence-electron chi connectivity index (χ3n) is 3.38. The summed E-state index contributed by atoms with van der Waals surface area (Å²) in [6, 6.07) is 0. The Hall–Kier alpha value is -1.10. The van der Waals surface area contributed by atoms with Gasteiger partial charge in [0, 0.05) is 13.1 Å². The lowest BCUT2D eigenvalue weighted by Crippen LogP contribution is -2.46. The number of carbonyl (C=O) groups is 2. The van der Waals surface area contributed by atoms with Crippen molar-refractivity contribution in [3.8, 4) is 0 Å². The van der Waals surface area contributed by atoms with Crippen molar-refractivity contribution >= 4 is 11.8 Å². The molecule has 5 nitrogen and oxygen atoms in total. The number of hydrogen-bond donors (Lipinski definition) is 3. The lowest BCUT2D eigenvalue weighted by atomic mass is 9.83. The molecule has 98 valence electrons. The van der Waals surface area contributed by atoms with E-state index in [1.54, 1.807) is 0 Å². The van der Waals surface area contributed by atoms with E-state index < -0.39 is 0 Å². The quantitative estimate of drug-likeness (QED) is 0.614. The van der Waals surface area contributed by atoms with Gasteiger partial charge in [-0.2, -0.15) is 0 Å². The molecule has 5 heteroatoms. The van der Waals surface area contributed by atoms with Crippen LogP contribution >= 0.6 is 0 Å². The summed E-state index contributed by atoms with van der Waals surface area (Å²) in [5, 5.41) is 8.68. The predicted octanol–water partition coefficient (Wildman–Crippen LogP) is 0.0185. The summed E-state index contributed by atoms with van der Waals surface area (Å²) in [4.78, 5) is 23.4. The molecule has 0 aromatic carbocycles. The van der Waals surface area contributed by atoms with Crippen molar-refractivity contribution in [3.63, 3.8) is 0 Å². The average molecular weight is 241 g/mol. The van der Waals surface area contributed by atoms with Crippen LogP contribution in [0, 0.1) is 5.41 Å². The van der Waals surface area contributed by atoms with E-state index >= 15 is 0 Å². The van der Waals surface area contributed by atoms with Gasteiger partial charge in [-0.3, -0.25) is 9.59 Å². The number of amides is 2. The summed E-state index contributed by atoms with van der Waals surface area (Å²) in [5.41, 5.74) is -0.314. The third kappa shape index (κ3) is 3.70. The van der Waals surface area contributed by atoms with E-state index in [0.717, 1.165) is 25.8 Å². The van der Waals surface area contributed by atoms with Crippen molar-refractivity contribution in [2.75, 3.05) is 26.2 Å². The maximum atomic E-state index is 12.0. The van der Waals surface area contributed by atoms with Crippen LogP contribution < -0.4 is 16.0 Å². The molecule has 2 amide bonds. The van der Waals surface area contributed by atoms with E-state index in [2.05, 4.69) is 16.0 Å². The average Bonchev–Trinajstić information content (AvgIpc) is 2.83. The summed E-state index contributed by atoms with van der Waals surface area (Å²) in [5.74, 6) is -0.117. The molecule has 0 saturated carbocycles. The van der Waals surface area contributed by atoms with Crippen molar-refractivity contribution in [3.05, 3.63) is 0 Å². The largest absolute Gasteiger partial charge is 0.355 e. The van der Waals surface area contributed by atoms with Crippen LogP contribution in [-0.4, -0.2) is 38.0 Å². The Bertz CT molecular complexity index is 273. The first-order valence-electron chi connectivity index (χ1n) is 6.40.